The van der Waals surface area contributed by atoms with Crippen LogP contribution in [0.5, 0.6) is 0 Å². The number of nitrogens with zero attached hydrogens (tertiary/aromatic N) is 5. The van der Waals surface area contributed by atoms with Crippen molar-refractivity contribution in [3.63, 3.8) is 0 Å². The molecule has 142 valence electrons. The smallest absolute Gasteiger partial charge is 0.293 e. The van der Waals surface area contributed by atoms with E-state index in [1.807, 2.05) is 9.80 Å². The number of benzene rings is 1. The number of nitro benzene ring substituents is 1. The van der Waals surface area contributed by atoms with Gasteiger partial charge in [0.15, 0.2) is 0 Å². The summed E-state index contributed by atoms with van der Waals surface area (Å²) in [6, 6.07) is 2.55. The summed E-state index contributed by atoms with van der Waals surface area (Å²) in [4.78, 5) is 23.5. The number of hydrogen-bond donors (Lipinski definition) is 0. The van der Waals surface area contributed by atoms with Crippen molar-refractivity contribution < 1.29 is 14.1 Å². The van der Waals surface area contributed by atoms with Gasteiger partial charge in [-0.05, 0) is 12.8 Å². The maximum absolute atomic E-state index is 14.8. The van der Waals surface area contributed by atoms with Gasteiger partial charge in [0.1, 0.15) is 11.5 Å². The van der Waals surface area contributed by atoms with Crippen molar-refractivity contribution in [1.29, 1.82) is 0 Å². The highest BCUT2D eigenvalue weighted by atomic mass is 19.1. The average Bonchev–Trinajstić information content (AvgIpc) is 3.23. The van der Waals surface area contributed by atoms with Crippen molar-refractivity contribution in [3.8, 4) is 11.1 Å². The van der Waals surface area contributed by atoms with E-state index < -0.39 is 10.7 Å². The molecule has 27 heavy (non-hydrogen) atoms. The predicted octanol–water partition coefficient (Wildman–Crippen LogP) is 2.63. The minimum atomic E-state index is -0.509. The van der Waals surface area contributed by atoms with Crippen molar-refractivity contribution >= 4 is 17.3 Å². The molecule has 0 bridgehead atoms. The van der Waals surface area contributed by atoms with Crippen molar-refractivity contribution in [2.24, 2.45) is 0 Å². The van der Waals surface area contributed by atoms with Crippen molar-refractivity contribution in [2.75, 3.05) is 49.2 Å². The Morgan fingerprint density at radius 3 is 2.33 bits per heavy atom. The Labute approximate surface area is 155 Å². The van der Waals surface area contributed by atoms with E-state index in [1.54, 1.807) is 0 Å². The third-order valence-electron chi connectivity index (χ3n) is 4.95. The fourth-order valence-electron chi connectivity index (χ4n) is 3.52. The molecule has 0 radical (unpaired) electrons. The molecular formula is C18H20FN5O3. The van der Waals surface area contributed by atoms with Crippen LogP contribution in [0, 0.1) is 15.9 Å². The zero-order valence-electron chi connectivity index (χ0n) is 14.8. The zero-order chi connectivity index (χ0) is 18.8. The Balaban J connectivity index is 1.66. The minimum Gasteiger partial charge on any atom is -0.378 e. The number of anilines is 2. The summed E-state index contributed by atoms with van der Waals surface area (Å²) in [6.07, 6.45) is 4.93. The van der Waals surface area contributed by atoms with Crippen molar-refractivity contribution in [1.82, 2.24) is 9.97 Å². The van der Waals surface area contributed by atoms with Crippen LogP contribution in [0.4, 0.5) is 21.7 Å². The van der Waals surface area contributed by atoms with Gasteiger partial charge < -0.3 is 14.5 Å². The molecule has 1 aromatic carbocycles. The lowest BCUT2D eigenvalue weighted by atomic mass is 10.1. The van der Waals surface area contributed by atoms with Gasteiger partial charge in [0, 0.05) is 61.8 Å². The van der Waals surface area contributed by atoms with Gasteiger partial charge in [0.25, 0.3) is 5.69 Å². The number of nitro groups is 1. The van der Waals surface area contributed by atoms with Gasteiger partial charge in [0.05, 0.1) is 18.1 Å². The summed E-state index contributed by atoms with van der Waals surface area (Å²) in [7, 11) is 0. The van der Waals surface area contributed by atoms with E-state index in [4.69, 9.17) is 4.74 Å². The van der Waals surface area contributed by atoms with Crippen LogP contribution in [0.25, 0.3) is 11.1 Å². The van der Waals surface area contributed by atoms with Gasteiger partial charge in [-0.25, -0.2) is 14.4 Å². The molecule has 8 nitrogen and oxygen atoms in total. The first-order valence-corrected chi connectivity index (χ1v) is 9.01. The molecule has 2 aromatic rings. The zero-order valence-corrected chi connectivity index (χ0v) is 14.8. The molecule has 3 heterocycles. The summed E-state index contributed by atoms with van der Waals surface area (Å²) >= 11 is 0. The first-order valence-electron chi connectivity index (χ1n) is 9.01. The molecule has 9 heteroatoms. The Bertz CT molecular complexity index is 834. The molecule has 0 amide bonds. The lowest BCUT2D eigenvalue weighted by Crippen LogP contribution is -2.37. The highest BCUT2D eigenvalue weighted by Gasteiger charge is 2.25. The molecule has 2 aliphatic heterocycles. The van der Waals surface area contributed by atoms with E-state index >= 15 is 0 Å². The summed E-state index contributed by atoms with van der Waals surface area (Å²) in [6.45, 7) is 4.04. The topological polar surface area (TPSA) is 84.6 Å². The third kappa shape index (κ3) is 3.55. The quantitative estimate of drug-likeness (QED) is 0.602. The molecular weight excluding hydrogens is 353 g/mol. The van der Waals surface area contributed by atoms with E-state index in [0.29, 0.717) is 56.6 Å². The molecule has 0 aliphatic carbocycles. The second kappa shape index (κ2) is 7.43. The summed E-state index contributed by atoms with van der Waals surface area (Å²) in [5, 5.41) is 11.5. The van der Waals surface area contributed by atoms with Crippen LogP contribution in [0.2, 0.25) is 0 Å². The molecule has 2 aliphatic rings. The molecule has 2 fully saturated rings. The first kappa shape index (κ1) is 17.6. The molecule has 2 saturated heterocycles. The number of halogens is 1. The van der Waals surface area contributed by atoms with E-state index in [2.05, 4.69) is 9.97 Å². The van der Waals surface area contributed by atoms with Gasteiger partial charge in [0.2, 0.25) is 5.95 Å². The van der Waals surface area contributed by atoms with Crippen LogP contribution in [0.1, 0.15) is 12.8 Å². The molecule has 1 aromatic heterocycles. The largest absolute Gasteiger partial charge is 0.378 e. The van der Waals surface area contributed by atoms with E-state index in [9.17, 15) is 14.5 Å². The summed E-state index contributed by atoms with van der Waals surface area (Å²) < 4.78 is 20.1. The Morgan fingerprint density at radius 1 is 1.04 bits per heavy atom. The number of rotatable bonds is 4. The van der Waals surface area contributed by atoms with Gasteiger partial charge in [-0.3, -0.25) is 10.1 Å². The van der Waals surface area contributed by atoms with Crippen LogP contribution in [-0.4, -0.2) is 54.3 Å². The second-order valence-electron chi connectivity index (χ2n) is 6.64. The normalized spacial score (nSPS) is 17.4. The van der Waals surface area contributed by atoms with Crippen LogP contribution >= 0.6 is 0 Å². The van der Waals surface area contributed by atoms with Gasteiger partial charge >= 0.3 is 0 Å². The highest BCUT2D eigenvalue weighted by molar-refractivity contribution is 5.74. The van der Waals surface area contributed by atoms with Crippen molar-refractivity contribution in [3.05, 3.63) is 40.5 Å². The average molecular weight is 373 g/mol. The number of morpholine rings is 1. The minimum absolute atomic E-state index is 0.0921. The highest BCUT2D eigenvalue weighted by Crippen LogP contribution is 2.36. The second-order valence-corrected chi connectivity index (χ2v) is 6.64. The van der Waals surface area contributed by atoms with Crippen LogP contribution in [0.3, 0.4) is 0 Å². The van der Waals surface area contributed by atoms with Gasteiger partial charge in [-0.2, -0.15) is 0 Å². The third-order valence-corrected chi connectivity index (χ3v) is 4.95. The molecule has 0 N–H and O–H groups in total. The number of hydrogen-bond acceptors (Lipinski definition) is 7. The Kier molecular flexibility index (Phi) is 4.85. The maximum Gasteiger partial charge on any atom is 0.293 e. The summed E-state index contributed by atoms with van der Waals surface area (Å²) in [5.41, 5.74) is 0.800. The summed E-state index contributed by atoms with van der Waals surface area (Å²) in [5.74, 6) is 0.0378. The monoisotopic (exact) mass is 373 g/mol. The molecule has 0 spiro atoms. The maximum atomic E-state index is 14.8. The molecule has 0 atom stereocenters. The first-order chi connectivity index (χ1) is 13.1. The van der Waals surface area contributed by atoms with Crippen LogP contribution in [0.15, 0.2) is 24.5 Å². The fourth-order valence-corrected chi connectivity index (χ4v) is 3.52. The van der Waals surface area contributed by atoms with Gasteiger partial charge in [-0.15, -0.1) is 0 Å². The predicted molar refractivity (Wildman–Crippen MR) is 98.6 cm³/mol. The molecule has 0 saturated carbocycles. The lowest BCUT2D eigenvalue weighted by molar-refractivity contribution is -0.384. The SMILES string of the molecule is O=[N+]([O-])c1cc(-c2cnc(N3CCOCC3)nc2)c(F)cc1N1CCCC1. The van der Waals surface area contributed by atoms with Gasteiger partial charge in [-0.1, -0.05) is 0 Å². The van der Waals surface area contributed by atoms with E-state index in [1.165, 1.54) is 24.5 Å². The molecule has 4 rings (SSSR count). The van der Waals surface area contributed by atoms with Crippen molar-refractivity contribution in [2.45, 2.75) is 12.8 Å². The van der Waals surface area contributed by atoms with E-state index in [-0.39, 0.29) is 11.3 Å². The number of ether oxygens (including phenoxy) is 1. The number of aromatic nitrogens is 2. The standard InChI is InChI=1S/C18H20FN5O3/c19-15-10-16(22-3-1-2-4-22)17(24(25)26)9-14(15)13-11-20-18(21-12-13)23-5-7-27-8-6-23/h9-12H,1-8H2. The van der Waals surface area contributed by atoms with Crippen LogP contribution < -0.4 is 9.80 Å². The lowest BCUT2D eigenvalue weighted by Gasteiger charge is -2.26. The van der Waals surface area contributed by atoms with Crippen LogP contribution in [-0.2, 0) is 4.74 Å². The molecule has 0 unspecified atom stereocenters. The fraction of sp³-hybridized carbons (Fsp3) is 0.444. The van der Waals surface area contributed by atoms with E-state index in [0.717, 1.165) is 12.8 Å². The Morgan fingerprint density at radius 2 is 1.70 bits per heavy atom. The Hall–Kier alpha value is -2.81.